The van der Waals surface area contributed by atoms with E-state index in [1.807, 2.05) is 6.92 Å². The number of nitrogens with one attached hydrogen (secondary N) is 1. The summed E-state index contributed by atoms with van der Waals surface area (Å²) in [5, 5.41) is 0. The number of ether oxygens (including phenoxy) is 1. The highest BCUT2D eigenvalue weighted by molar-refractivity contribution is 7.92. The molecule has 2 aromatic carbocycles. The number of nitrogens with zero attached hydrogens (tertiary/aromatic N) is 1. The van der Waals surface area contributed by atoms with E-state index in [4.69, 9.17) is 4.74 Å². The van der Waals surface area contributed by atoms with Gasteiger partial charge in [0.2, 0.25) is 5.91 Å². The Kier molecular flexibility index (Phi) is 5.70. The summed E-state index contributed by atoms with van der Waals surface area (Å²) in [6, 6.07) is 11.8. The number of carbonyl (C=O) groups is 1. The Hall–Kier alpha value is -2.54. The van der Waals surface area contributed by atoms with Crippen molar-refractivity contribution >= 4 is 27.3 Å². The highest BCUT2D eigenvalue weighted by atomic mass is 32.2. The largest absolute Gasteiger partial charge is 0.492 e. The summed E-state index contributed by atoms with van der Waals surface area (Å²) in [5.41, 5.74) is 2.13. The van der Waals surface area contributed by atoms with Gasteiger partial charge in [-0.1, -0.05) is 12.1 Å². The maximum Gasteiger partial charge on any atom is 0.265 e. The van der Waals surface area contributed by atoms with Gasteiger partial charge in [0.1, 0.15) is 10.6 Å². The molecular formula is C20H24N2O4S. The van der Waals surface area contributed by atoms with Crippen LogP contribution in [0, 0.1) is 6.92 Å². The minimum atomic E-state index is -3.79. The Balaban J connectivity index is 1.86. The molecule has 0 spiro atoms. The van der Waals surface area contributed by atoms with Gasteiger partial charge in [0.05, 0.1) is 6.61 Å². The second-order valence-corrected chi connectivity index (χ2v) is 8.14. The Morgan fingerprint density at radius 3 is 2.63 bits per heavy atom. The lowest BCUT2D eigenvalue weighted by Crippen LogP contribution is -2.35. The number of aryl methyl sites for hydroxylation is 1. The maximum absolute atomic E-state index is 12.8. The number of hydrogen-bond donors (Lipinski definition) is 1. The van der Waals surface area contributed by atoms with E-state index < -0.39 is 10.0 Å². The van der Waals surface area contributed by atoms with E-state index in [0.29, 0.717) is 31.0 Å². The van der Waals surface area contributed by atoms with E-state index in [2.05, 4.69) is 4.72 Å². The zero-order valence-corrected chi connectivity index (χ0v) is 16.4. The molecule has 0 aliphatic carbocycles. The fraction of sp³-hybridized carbons (Fsp3) is 0.350. The molecule has 0 saturated carbocycles. The molecule has 1 aliphatic rings. The molecule has 3 rings (SSSR count). The quantitative estimate of drug-likeness (QED) is 0.818. The molecule has 2 aromatic rings. The number of amides is 1. The summed E-state index contributed by atoms with van der Waals surface area (Å²) in [6.07, 6.45) is 2.46. The third kappa shape index (κ3) is 4.24. The average molecular weight is 388 g/mol. The molecule has 0 unspecified atom stereocenters. The zero-order chi connectivity index (χ0) is 19.4. The molecule has 1 amide bonds. The van der Waals surface area contributed by atoms with Crippen LogP contribution in [0.2, 0.25) is 0 Å². The summed E-state index contributed by atoms with van der Waals surface area (Å²) >= 11 is 0. The van der Waals surface area contributed by atoms with E-state index >= 15 is 0 Å². The van der Waals surface area contributed by atoms with Crippen molar-refractivity contribution in [1.82, 2.24) is 0 Å². The van der Waals surface area contributed by atoms with Crippen molar-refractivity contribution in [2.45, 2.75) is 38.0 Å². The number of para-hydroxylation sites is 1. The van der Waals surface area contributed by atoms with Gasteiger partial charge in [0, 0.05) is 24.3 Å². The van der Waals surface area contributed by atoms with Gasteiger partial charge >= 0.3 is 0 Å². The highest BCUT2D eigenvalue weighted by Gasteiger charge is 2.23. The molecule has 7 heteroatoms. The van der Waals surface area contributed by atoms with Crippen molar-refractivity contribution < 1.29 is 17.9 Å². The fourth-order valence-corrected chi connectivity index (χ4v) is 4.44. The van der Waals surface area contributed by atoms with Crippen LogP contribution in [0.15, 0.2) is 47.4 Å². The zero-order valence-electron chi connectivity index (χ0n) is 15.6. The molecule has 1 saturated heterocycles. The first-order valence-corrected chi connectivity index (χ1v) is 10.6. The molecule has 1 aliphatic heterocycles. The van der Waals surface area contributed by atoms with Crippen molar-refractivity contribution in [2.75, 3.05) is 22.8 Å². The molecule has 144 valence electrons. The van der Waals surface area contributed by atoms with Crippen LogP contribution in [0.25, 0.3) is 0 Å². The number of benzene rings is 2. The minimum absolute atomic E-state index is 0.0970. The van der Waals surface area contributed by atoms with Crippen LogP contribution in [0.3, 0.4) is 0 Å². The minimum Gasteiger partial charge on any atom is -0.492 e. The molecule has 27 heavy (non-hydrogen) atoms. The van der Waals surface area contributed by atoms with E-state index in [9.17, 15) is 13.2 Å². The number of sulfonamides is 1. The van der Waals surface area contributed by atoms with Crippen molar-refractivity contribution in [3.63, 3.8) is 0 Å². The predicted octanol–water partition coefficient (Wildman–Crippen LogP) is 3.71. The van der Waals surface area contributed by atoms with Crippen molar-refractivity contribution in [3.05, 3.63) is 48.0 Å². The van der Waals surface area contributed by atoms with Crippen LogP contribution in [0.5, 0.6) is 5.75 Å². The monoisotopic (exact) mass is 388 g/mol. The summed E-state index contributed by atoms with van der Waals surface area (Å²) in [7, 11) is -3.79. The second-order valence-electron chi connectivity index (χ2n) is 6.49. The summed E-state index contributed by atoms with van der Waals surface area (Å²) in [4.78, 5) is 14.0. The Morgan fingerprint density at radius 2 is 1.93 bits per heavy atom. The first kappa shape index (κ1) is 19.2. The third-order valence-electron chi connectivity index (χ3n) is 4.50. The van der Waals surface area contributed by atoms with Gasteiger partial charge < -0.3 is 9.64 Å². The number of rotatable bonds is 6. The van der Waals surface area contributed by atoms with Crippen molar-refractivity contribution in [2.24, 2.45) is 0 Å². The summed E-state index contributed by atoms with van der Waals surface area (Å²) in [6.45, 7) is 4.76. The first-order chi connectivity index (χ1) is 12.9. The molecule has 0 bridgehead atoms. The molecule has 0 atom stereocenters. The lowest BCUT2D eigenvalue weighted by molar-refractivity contribution is -0.119. The number of piperidine rings is 1. The van der Waals surface area contributed by atoms with Crippen LogP contribution >= 0.6 is 0 Å². The molecule has 0 radical (unpaired) electrons. The van der Waals surface area contributed by atoms with E-state index in [1.54, 1.807) is 48.2 Å². The normalized spacial score (nSPS) is 14.9. The second kappa shape index (κ2) is 8.00. The topological polar surface area (TPSA) is 75.7 Å². The Morgan fingerprint density at radius 1 is 1.15 bits per heavy atom. The molecule has 0 aromatic heterocycles. The van der Waals surface area contributed by atoms with Gasteiger partial charge in [-0.25, -0.2) is 8.42 Å². The van der Waals surface area contributed by atoms with E-state index in [-0.39, 0.29) is 10.8 Å². The Bertz CT molecular complexity index is 941. The lowest BCUT2D eigenvalue weighted by Gasteiger charge is -2.28. The maximum atomic E-state index is 12.8. The summed E-state index contributed by atoms with van der Waals surface area (Å²) in [5.74, 6) is 0.433. The lowest BCUT2D eigenvalue weighted by atomic mass is 10.1. The fourth-order valence-electron chi connectivity index (χ4n) is 3.24. The van der Waals surface area contributed by atoms with E-state index in [1.165, 1.54) is 6.07 Å². The number of anilines is 2. The van der Waals surface area contributed by atoms with Gasteiger partial charge in [0.15, 0.2) is 0 Å². The van der Waals surface area contributed by atoms with Crippen molar-refractivity contribution in [1.29, 1.82) is 0 Å². The highest BCUT2D eigenvalue weighted by Crippen LogP contribution is 2.29. The molecule has 6 nitrogen and oxygen atoms in total. The van der Waals surface area contributed by atoms with Gasteiger partial charge in [-0.15, -0.1) is 0 Å². The SMILES string of the molecule is CCOc1ccccc1S(=O)(=O)Nc1ccc(N2CCCCC2=O)c(C)c1. The van der Waals surface area contributed by atoms with E-state index in [0.717, 1.165) is 24.1 Å². The van der Waals surface area contributed by atoms with Crippen LogP contribution in [-0.4, -0.2) is 27.5 Å². The third-order valence-corrected chi connectivity index (χ3v) is 5.92. The van der Waals surface area contributed by atoms with Gasteiger partial charge in [0.25, 0.3) is 10.0 Å². The van der Waals surface area contributed by atoms with Gasteiger partial charge in [-0.2, -0.15) is 0 Å². The molecular weight excluding hydrogens is 364 g/mol. The van der Waals surface area contributed by atoms with Crippen LogP contribution < -0.4 is 14.4 Å². The van der Waals surface area contributed by atoms with Crippen LogP contribution in [-0.2, 0) is 14.8 Å². The molecule has 1 heterocycles. The smallest absolute Gasteiger partial charge is 0.265 e. The van der Waals surface area contributed by atoms with Crippen LogP contribution in [0.1, 0.15) is 31.7 Å². The van der Waals surface area contributed by atoms with Crippen LogP contribution in [0.4, 0.5) is 11.4 Å². The first-order valence-electron chi connectivity index (χ1n) is 9.08. The standard InChI is InChI=1S/C20H24N2O4S/c1-3-26-18-8-4-5-9-19(18)27(24,25)21-16-11-12-17(15(2)14-16)22-13-7-6-10-20(22)23/h4-5,8-9,11-12,14,21H,3,6-7,10,13H2,1-2H3. The van der Waals surface area contributed by atoms with Crippen molar-refractivity contribution in [3.8, 4) is 5.75 Å². The van der Waals surface area contributed by atoms with Gasteiger partial charge in [-0.3, -0.25) is 9.52 Å². The van der Waals surface area contributed by atoms with Gasteiger partial charge in [-0.05, 0) is 62.6 Å². The number of hydrogen-bond acceptors (Lipinski definition) is 4. The predicted molar refractivity (Wildman–Crippen MR) is 106 cm³/mol. The molecule has 1 fully saturated rings. The molecule has 1 N–H and O–H groups in total. The average Bonchev–Trinajstić information content (AvgIpc) is 2.63. The summed E-state index contributed by atoms with van der Waals surface area (Å²) < 4.78 is 33.6. The number of carbonyl (C=O) groups excluding carboxylic acids is 1. The Labute approximate surface area is 160 Å².